The van der Waals surface area contributed by atoms with Gasteiger partial charge >= 0.3 is 0 Å². The monoisotopic (exact) mass is 340 g/mol. The van der Waals surface area contributed by atoms with Gasteiger partial charge in [-0.25, -0.2) is 16.8 Å². The van der Waals surface area contributed by atoms with E-state index in [1.807, 2.05) is 0 Å². The normalized spacial score (nSPS) is 19.3. The van der Waals surface area contributed by atoms with Gasteiger partial charge in [-0.05, 0) is 11.4 Å². The van der Waals surface area contributed by atoms with Gasteiger partial charge in [0.25, 0.3) is 0 Å². The Labute approximate surface area is 122 Å². The highest BCUT2D eigenvalue weighted by molar-refractivity contribution is 7.89. The van der Waals surface area contributed by atoms with Crippen LogP contribution in [-0.4, -0.2) is 63.0 Å². The second-order valence-corrected chi connectivity index (χ2v) is 9.32. The lowest BCUT2D eigenvalue weighted by molar-refractivity contribution is 0.270. The molecule has 0 bridgehead atoms. The fraction of sp³-hybridized carbons (Fsp3) is 0.600. The molecule has 0 spiro atoms. The van der Waals surface area contributed by atoms with Crippen LogP contribution in [0.25, 0.3) is 0 Å². The molecular formula is C10H16N2O5S3. The second-order valence-electron chi connectivity index (χ2n) is 4.43. The number of rotatable bonds is 4. The van der Waals surface area contributed by atoms with Crippen LogP contribution < -0.4 is 0 Å². The van der Waals surface area contributed by atoms with Gasteiger partial charge in [0.05, 0.1) is 17.8 Å². The summed E-state index contributed by atoms with van der Waals surface area (Å²) in [4.78, 5) is 0.508. The third-order valence-corrected chi connectivity index (χ3v) is 7.45. The molecule has 1 N–H and O–H groups in total. The molecule has 0 aliphatic carbocycles. The Bertz CT molecular complexity index is 672. The molecule has 1 saturated heterocycles. The van der Waals surface area contributed by atoms with Crippen molar-refractivity contribution >= 4 is 31.4 Å². The Balaban J connectivity index is 2.18. The number of nitrogens with zero attached hydrogens (tertiary/aromatic N) is 2. The summed E-state index contributed by atoms with van der Waals surface area (Å²) in [5.74, 6) is 0. The van der Waals surface area contributed by atoms with Crippen LogP contribution in [0.4, 0.5) is 0 Å². The molecule has 2 rings (SSSR count). The first-order valence-corrected chi connectivity index (χ1v) is 10.1. The Morgan fingerprint density at radius 2 is 1.70 bits per heavy atom. The Morgan fingerprint density at radius 3 is 2.20 bits per heavy atom. The summed E-state index contributed by atoms with van der Waals surface area (Å²) in [6.07, 6.45) is 1.11. The number of aliphatic hydroxyl groups is 1. The van der Waals surface area contributed by atoms with E-state index in [1.165, 1.54) is 26.0 Å². The molecule has 0 aromatic carbocycles. The van der Waals surface area contributed by atoms with Crippen molar-refractivity contribution in [2.24, 2.45) is 0 Å². The van der Waals surface area contributed by atoms with Crippen molar-refractivity contribution in [3.05, 3.63) is 16.3 Å². The molecule has 1 fully saturated rings. The van der Waals surface area contributed by atoms with Gasteiger partial charge in [0.2, 0.25) is 20.0 Å². The third-order valence-electron chi connectivity index (χ3n) is 3.13. The van der Waals surface area contributed by atoms with Crippen LogP contribution in [0.1, 0.15) is 4.88 Å². The zero-order valence-electron chi connectivity index (χ0n) is 10.9. The van der Waals surface area contributed by atoms with E-state index in [0.29, 0.717) is 4.88 Å². The lowest BCUT2D eigenvalue weighted by Gasteiger charge is -2.32. The van der Waals surface area contributed by atoms with Gasteiger partial charge in [0.1, 0.15) is 0 Å². The van der Waals surface area contributed by atoms with Gasteiger partial charge in [-0.15, -0.1) is 11.3 Å². The minimum atomic E-state index is -3.67. The summed E-state index contributed by atoms with van der Waals surface area (Å²) in [6, 6.07) is 1.47. The molecule has 10 heteroatoms. The Kier molecular flexibility index (Phi) is 4.52. The predicted molar refractivity (Wildman–Crippen MR) is 75.4 cm³/mol. The quantitative estimate of drug-likeness (QED) is 0.798. The van der Waals surface area contributed by atoms with Gasteiger partial charge in [-0.2, -0.15) is 8.61 Å². The molecule has 1 aliphatic heterocycles. The fourth-order valence-electron chi connectivity index (χ4n) is 2.05. The average Bonchev–Trinajstić information content (AvgIpc) is 2.87. The van der Waals surface area contributed by atoms with Crippen LogP contribution in [0, 0.1) is 0 Å². The van der Waals surface area contributed by atoms with Crippen LogP contribution in [0.2, 0.25) is 0 Å². The van der Waals surface area contributed by atoms with Crippen molar-refractivity contribution < 1.29 is 21.9 Å². The van der Waals surface area contributed by atoms with Gasteiger partial charge in [0, 0.05) is 31.1 Å². The van der Waals surface area contributed by atoms with Crippen molar-refractivity contribution in [2.45, 2.75) is 11.5 Å². The number of sulfonamides is 2. The summed E-state index contributed by atoms with van der Waals surface area (Å²) < 4.78 is 50.2. The zero-order valence-corrected chi connectivity index (χ0v) is 13.3. The molecule has 1 aromatic heterocycles. The summed E-state index contributed by atoms with van der Waals surface area (Å²) >= 11 is 1.18. The SMILES string of the molecule is CS(=O)(=O)N1CCN(S(=O)(=O)c2ccsc2CO)CC1. The van der Waals surface area contributed by atoms with E-state index in [-0.39, 0.29) is 37.7 Å². The molecule has 1 aromatic rings. The van der Waals surface area contributed by atoms with E-state index < -0.39 is 20.0 Å². The molecule has 0 amide bonds. The van der Waals surface area contributed by atoms with E-state index in [4.69, 9.17) is 5.11 Å². The lowest BCUT2D eigenvalue weighted by atomic mass is 10.4. The maximum Gasteiger partial charge on any atom is 0.244 e. The van der Waals surface area contributed by atoms with Gasteiger partial charge in [-0.1, -0.05) is 0 Å². The molecule has 0 unspecified atom stereocenters. The van der Waals surface area contributed by atoms with E-state index in [9.17, 15) is 16.8 Å². The highest BCUT2D eigenvalue weighted by Crippen LogP contribution is 2.26. The minimum Gasteiger partial charge on any atom is -0.391 e. The molecule has 2 heterocycles. The first-order chi connectivity index (χ1) is 9.26. The van der Waals surface area contributed by atoms with Crippen LogP contribution in [0.3, 0.4) is 0 Å². The molecule has 20 heavy (non-hydrogen) atoms. The summed E-state index contributed by atoms with van der Waals surface area (Å²) in [7, 11) is -6.96. The van der Waals surface area contributed by atoms with Crippen molar-refractivity contribution in [1.82, 2.24) is 8.61 Å². The van der Waals surface area contributed by atoms with Crippen molar-refractivity contribution in [1.29, 1.82) is 0 Å². The van der Waals surface area contributed by atoms with Gasteiger partial charge < -0.3 is 5.11 Å². The molecular weight excluding hydrogens is 324 g/mol. The molecule has 114 valence electrons. The number of hydrogen-bond donors (Lipinski definition) is 1. The minimum absolute atomic E-state index is 0.109. The zero-order chi connectivity index (χ0) is 15.0. The van der Waals surface area contributed by atoms with Crippen molar-refractivity contribution in [3.8, 4) is 0 Å². The van der Waals surface area contributed by atoms with Crippen LogP contribution in [0.15, 0.2) is 16.3 Å². The highest BCUT2D eigenvalue weighted by Gasteiger charge is 2.32. The molecule has 1 aliphatic rings. The first-order valence-electron chi connectivity index (χ1n) is 5.89. The number of aliphatic hydroxyl groups excluding tert-OH is 1. The van der Waals surface area contributed by atoms with Crippen LogP contribution >= 0.6 is 11.3 Å². The maximum absolute atomic E-state index is 12.4. The summed E-state index contributed by atoms with van der Waals surface area (Å²) in [6.45, 7) is 0.217. The van der Waals surface area contributed by atoms with Crippen LogP contribution in [0.5, 0.6) is 0 Å². The van der Waals surface area contributed by atoms with Gasteiger partial charge in [-0.3, -0.25) is 0 Å². The Morgan fingerprint density at radius 1 is 1.15 bits per heavy atom. The molecule has 0 radical (unpaired) electrons. The fourth-order valence-corrected chi connectivity index (χ4v) is 5.57. The van der Waals surface area contributed by atoms with Crippen LogP contribution in [-0.2, 0) is 26.7 Å². The van der Waals surface area contributed by atoms with Gasteiger partial charge in [0.15, 0.2) is 0 Å². The number of thiophene rings is 1. The second kappa shape index (κ2) is 5.70. The third kappa shape index (κ3) is 3.05. The Hall–Kier alpha value is -0.520. The maximum atomic E-state index is 12.4. The topological polar surface area (TPSA) is 95.0 Å². The van der Waals surface area contributed by atoms with E-state index in [2.05, 4.69) is 0 Å². The summed E-state index contributed by atoms with van der Waals surface area (Å²) in [5.41, 5.74) is 0. The standard InChI is InChI=1S/C10H16N2O5S3/c1-19(14,15)11-3-5-12(6-4-11)20(16,17)10-2-7-18-9(10)8-13/h2,7,13H,3-6,8H2,1H3. The smallest absolute Gasteiger partial charge is 0.244 e. The largest absolute Gasteiger partial charge is 0.391 e. The molecule has 0 saturated carbocycles. The molecule has 0 atom stereocenters. The van der Waals surface area contributed by atoms with E-state index in [0.717, 1.165) is 6.26 Å². The molecule has 7 nitrogen and oxygen atoms in total. The highest BCUT2D eigenvalue weighted by atomic mass is 32.2. The number of hydrogen-bond acceptors (Lipinski definition) is 6. The summed E-state index contributed by atoms with van der Waals surface area (Å²) in [5, 5.41) is 10.8. The van der Waals surface area contributed by atoms with E-state index >= 15 is 0 Å². The van der Waals surface area contributed by atoms with Crippen molar-refractivity contribution in [2.75, 3.05) is 32.4 Å². The predicted octanol–water partition coefficient (Wildman–Crippen LogP) is -0.494. The van der Waals surface area contributed by atoms with E-state index in [1.54, 1.807) is 5.38 Å². The lowest BCUT2D eigenvalue weighted by Crippen LogP contribution is -2.50. The van der Waals surface area contributed by atoms with Crippen molar-refractivity contribution in [3.63, 3.8) is 0 Å². The first kappa shape index (κ1) is 15.9. The average molecular weight is 340 g/mol. The number of piperazine rings is 1.